The number of sulfonamides is 1. The number of thioether (sulfide) groups is 1. The van der Waals surface area contributed by atoms with Gasteiger partial charge in [0.2, 0.25) is 15.9 Å². The lowest BCUT2D eigenvalue weighted by Gasteiger charge is -2.32. The molecule has 0 aliphatic carbocycles. The summed E-state index contributed by atoms with van der Waals surface area (Å²) < 4.78 is 32.9. The molecule has 0 aromatic heterocycles. The van der Waals surface area contributed by atoms with E-state index in [1.54, 1.807) is 11.8 Å². The molecule has 2 rings (SSSR count). The van der Waals surface area contributed by atoms with E-state index in [4.69, 9.17) is 16.3 Å². The second kappa shape index (κ2) is 11.8. The number of hydrogen-bond acceptors (Lipinski definition) is 6. The topological polar surface area (TPSA) is 105 Å². The Hall–Kier alpha value is -1.49. The SMILES string of the molecule is CCOC(=O)N1CCC(NC(=O)[C@H](CCSC)NS(=O)(=O)c2ccc(Cl)cc2)CC1. The number of ether oxygens (including phenoxy) is 1. The monoisotopic (exact) mass is 477 g/mol. The first-order valence-corrected chi connectivity index (χ1v) is 13.0. The zero-order chi connectivity index (χ0) is 22.1. The van der Waals surface area contributed by atoms with Gasteiger partial charge < -0.3 is 15.0 Å². The lowest BCUT2D eigenvalue weighted by atomic mass is 10.0. The molecule has 1 aromatic carbocycles. The molecule has 2 N–H and O–H groups in total. The van der Waals surface area contributed by atoms with Crippen molar-refractivity contribution in [1.29, 1.82) is 0 Å². The molecule has 2 amide bonds. The first-order valence-electron chi connectivity index (χ1n) is 9.75. The molecule has 0 spiro atoms. The second-order valence-corrected chi connectivity index (χ2v) is 10.0. The normalized spacial score (nSPS) is 16.2. The summed E-state index contributed by atoms with van der Waals surface area (Å²) in [5, 5.41) is 3.36. The molecule has 0 unspecified atom stereocenters. The Morgan fingerprint density at radius 2 is 1.90 bits per heavy atom. The third-order valence-electron chi connectivity index (χ3n) is 4.72. The maximum absolute atomic E-state index is 12.8. The molecule has 1 aliphatic heterocycles. The van der Waals surface area contributed by atoms with E-state index in [0.717, 1.165) is 0 Å². The lowest BCUT2D eigenvalue weighted by molar-refractivity contribution is -0.123. The molecule has 30 heavy (non-hydrogen) atoms. The second-order valence-electron chi connectivity index (χ2n) is 6.88. The number of halogens is 1. The molecule has 1 heterocycles. The van der Waals surface area contributed by atoms with Crippen LogP contribution >= 0.6 is 23.4 Å². The van der Waals surface area contributed by atoms with Crippen LogP contribution in [-0.4, -0.2) is 69.1 Å². The van der Waals surface area contributed by atoms with Crippen molar-refractivity contribution in [2.45, 2.75) is 43.2 Å². The van der Waals surface area contributed by atoms with Gasteiger partial charge in [-0.25, -0.2) is 13.2 Å². The predicted molar refractivity (Wildman–Crippen MR) is 118 cm³/mol. The molecule has 11 heteroatoms. The molecule has 1 saturated heterocycles. The quantitative estimate of drug-likeness (QED) is 0.566. The lowest BCUT2D eigenvalue weighted by Crippen LogP contribution is -2.52. The number of piperidine rings is 1. The summed E-state index contributed by atoms with van der Waals surface area (Å²) >= 11 is 7.36. The largest absolute Gasteiger partial charge is 0.450 e. The Labute approximate surface area is 187 Å². The van der Waals surface area contributed by atoms with Crippen LogP contribution in [0.15, 0.2) is 29.2 Å². The summed E-state index contributed by atoms with van der Waals surface area (Å²) in [5.41, 5.74) is 0. The van der Waals surface area contributed by atoms with Crippen LogP contribution in [0.4, 0.5) is 4.79 Å². The third kappa shape index (κ3) is 7.33. The summed E-state index contributed by atoms with van der Waals surface area (Å²) in [6.45, 7) is 3.04. The fourth-order valence-corrected chi connectivity index (χ4v) is 4.90. The summed E-state index contributed by atoms with van der Waals surface area (Å²) in [5.74, 6) is 0.263. The highest BCUT2D eigenvalue weighted by molar-refractivity contribution is 7.98. The van der Waals surface area contributed by atoms with Crippen LogP contribution in [0.25, 0.3) is 0 Å². The van der Waals surface area contributed by atoms with Gasteiger partial charge in [-0.3, -0.25) is 4.79 Å². The highest BCUT2D eigenvalue weighted by Gasteiger charge is 2.29. The van der Waals surface area contributed by atoms with Crippen molar-refractivity contribution >= 4 is 45.4 Å². The van der Waals surface area contributed by atoms with E-state index in [1.807, 2.05) is 6.26 Å². The Morgan fingerprint density at radius 1 is 1.27 bits per heavy atom. The number of amides is 2. The smallest absolute Gasteiger partial charge is 0.409 e. The maximum atomic E-state index is 12.8. The summed E-state index contributed by atoms with van der Waals surface area (Å²) in [6.07, 6.45) is 3.08. The van der Waals surface area contributed by atoms with Gasteiger partial charge in [0.1, 0.15) is 6.04 Å². The van der Waals surface area contributed by atoms with Crippen molar-refractivity contribution in [2.75, 3.05) is 31.7 Å². The summed E-state index contributed by atoms with van der Waals surface area (Å²) in [6, 6.07) is 4.77. The molecule has 1 aliphatic rings. The third-order valence-corrected chi connectivity index (χ3v) is 7.10. The van der Waals surface area contributed by atoms with Crippen molar-refractivity contribution in [1.82, 2.24) is 14.9 Å². The van der Waals surface area contributed by atoms with Crippen molar-refractivity contribution in [3.63, 3.8) is 0 Å². The van der Waals surface area contributed by atoms with E-state index < -0.39 is 16.1 Å². The highest BCUT2D eigenvalue weighted by Crippen LogP contribution is 2.16. The number of nitrogens with one attached hydrogen (secondary N) is 2. The molecule has 0 saturated carbocycles. The fourth-order valence-electron chi connectivity index (χ4n) is 3.07. The number of carbonyl (C=O) groups excluding carboxylic acids is 2. The van der Waals surface area contributed by atoms with Crippen molar-refractivity contribution in [3.05, 3.63) is 29.3 Å². The van der Waals surface area contributed by atoms with Crippen LogP contribution in [0, 0.1) is 0 Å². The summed E-state index contributed by atoms with van der Waals surface area (Å²) in [7, 11) is -3.87. The Kier molecular flexibility index (Phi) is 9.73. The van der Waals surface area contributed by atoms with Crippen molar-refractivity contribution in [3.8, 4) is 0 Å². The van der Waals surface area contributed by atoms with Crippen LogP contribution in [0.2, 0.25) is 5.02 Å². The molecule has 168 valence electrons. The van der Waals surface area contributed by atoms with E-state index in [0.29, 0.717) is 49.7 Å². The molecule has 1 aromatic rings. The minimum Gasteiger partial charge on any atom is -0.450 e. The number of likely N-dealkylation sites (tertiary alicyclic amines) is 1. The Balaban J connectivity index is 1.98. The fraction of sp³-hybridized carbons (Fsp3) is 0.579. The number of carbonyl (C=O) groups is 2. The summed E-state index contributed by atoms with van der Waals surface area (Å²) in [4.78, 5) is 26.3. The van der Waals surface area contributed by atoms with E-state index in [1.165, 1.54) is 36.0 Å². The Bertz CT molecular complexity index is 812. The molecule has 1 atom stereocenters. The standard InChI is InChI=1S/C19H28ClN3O5S2/c1-3-28-19(25)23-11-8-15(9-12-23)21-18(24)17(10-13-29-2)22-30(26,27)16-6-4-14(20)5-7-16/h4-7,15,17,22H,3,8-13H2,1-2H3,(H,21,24)/t17-/m0/s1. The average molecular weight is 478 g/mol. The predicted octanol–water partition coefficient (Wildman–Crippen LogP) is 2.48. The van der Waals surface area contributed by atoms with Gasteiger partial charge in [0.25, 0.3) is 0 Å². The number of nitrogens with zero attached hydrogens (tertiary/aromatic N) is 1. The highest BCUT2D eigenvalue weighted by atomic mass is 35.5. The molecule has 8 nitrogen and oxygen atoms in total. The van der Waals surface area contributed by atoms with Gasteiger partial charge in [-0.2, -0.15) is 16.5 Å². The molecular weight excluding hydrogens is 450 g/mol. The Morgan fingerprint density at radius 3 is 2.47 bits per heavy atom. The van der Waals surface area contributed by atoms with Gasteiger partial charge in [-0.1, -0.05) is 11.6 Å². The van der Waals surface area contributed by atoms with Crippen LogP contribution in [0.3, 0.4) is 0 Å². The zero-order valence-corrected chi connectivity index (χ0v) is 19.5. The number of benzene rings is 1. The van der Waals surface area contributed by atoms with Gasteiger partial charge in [-0.15, -0.1) is 0 Å². The van der Waals surface area contributed by atoms with E-state index in [2.05, 4.69) is 10.0 Å². The molecular formula is C19H28ClN3O5S2. The van der Waals surface area contributed by atoms with Gasteiger partial charge in [0.05, 0.1) is 11.5 Å². The van der Waals surface area contributed by atoms with Gasteiger partial charge in [0, 0.05) is 24.2 Å². The van der Waals surface area contributed by atoms with Crippen LogP contribution in [-0.2, 0) is 19.6 Å². The molecule has 0 radical (unpaired) electrons. The minimum absolute atomic E-state index is 0.0524. The van der Waals surface area contributed by atoms with E-state index in [9.17, 15) is 18.0 Å². The number of rotatable bonds is 9. The van der Waals surface area contributed by atoms with Crippen molar-refractivity contribution < 1.29 is 22.7 Å². The van der Waals surface area contributed by atoms with Gasteiger partial charge >= 0.3 is 6.09 Å². The van der Waals surface area contributed by atoms with Gasteiger partial charge in [0.15, 0.2) is 0 Å². The van der Waals surface area contributed by atoms with E-state index in [-0.39, 0.29) is 22.9 Å². The van der Waals surface area contributed by atoms with Gasteiger partial charge in [-0.05, 0) is 62.5 Å². The first-order chi connectivity index (χ1) is 14.3. The molecule has 1 fully saturated rings. The minimum atomic E-state index is -3.87. The maximum Gasteiger partial charge on any atom is 0.409 e. The van der Waals surface area contributed by atoms with Crippen LogP contribution < -0.4 is 10.0 Å². The van der Waals surface area contributed by atoms with Crippen LogP contribution in [0.5, 0.6) is 0 Å². The zero-order valence-electron chi connectivity index (χ0n) is 17.1. The van der Waals surface area contributed by atoms with Crippen LogP contribution in [0.1, 0.15) is 26.2 Å². The van der Waals surface area contributed by atoms with E-state index >= 15 is 0 Å². The molecule has 0 bridgehead atoms. The number of hydrogen-bond donors (Lipinski definition) is 2. The van der Waals surface area contributed by atoms with Crippen molar-refractivity contribution in [2.24, 2.45) is 0 Å². The average Bonchev–Trinajstić information content (AvgIpc) is 2.72. The first kappa shape index (κ1) is 24.8.